The molecule has 0 unspecified atom stereocenters. The maximum Gasteiger partial charge on any atom is 0.303 e. The largest absolute Gasteiger partial charge is 0.481 e. The van der Waals surface area contributed by atoms with Gasteiger partial charge in [0, 0.05) is 31.5 Å². The molecule has 22 heavy (non-hydrogen) atoms. The van der Waals surface area contributed by atoms with Gasteiger partial charge in [0.25, 0.3) is 0 Å². The zero-order valence-electron chi connectivity index (χ0n) is 12.7. The van der Waals surface area contributed by atoms with Crippen LogP contribution in [-0.4, -0.2) is 29.4 Å². The van der Waals surface area contributed by atoms with Gasteiger partial charge >= 0.3 is 5.97 Å². The van der Waals surface area contributed by atoms with Crippen LogP contribution >= 0.6 is 0 Å². The second-order valence-electron chi connectivity index (χ2n) is 4.99. The van der Waals surface area contributed by atoms with Gasteiger partial charge in [0.2, 0.25) is 11.8 Å². The molecular formula is C16H22N2O4. The summed E-state index contributed by atoms with van der Waals surface area (Å²) in [6.45, 7) is 2.59. The van der Waals surface area contributed by atoms with Crippen molar-refractivity contribution in [3.8, 4) is 0 Å². The van der Waals surface area contributed by atoms with E-state index >= 15 is 0 Å². The molecule has 0 atom stereocenters. The summed E-state index contributed by atoms with van der Waals surface area (Å²) in [7, 11) is 0. The summed E-state index contributed by atoms with van der Waals surface area (Å²) in [6.07, 6.45) is 1.71. The first-order valence-electron chi connectivity index (χ1n) is 7.38. The van der Waals surface area contributed by atoms with Crippen LogP contribution in [0, 0.1) is 0 Å². The molecule has 2 amide bonds. The average molecular weight is 306 g/mol. The van der Waals surface area contributed by atoms with Crippen molar-refractivity contribution in [2.75, 3.05) is 11.9 Å². The molecule has 1 aromatic rings. The fourth-order valence-corrected chi connectivity index (χ4v) is 1.81. The predicted molar refractivity (Wildman–Crippen MR) is 83.6 cm³/mol. The van der Waals surface area contributed by atoms with Gasteiger partial charge in [-0.2, -0.15) is 0 Å². The van der Waals surface area contributed by atoms with Crippen molar-refractivity contribution < 1.29 is 19.5 Å². The Morgan fingerprint density at radius 3 is 2.23 bits per heavy atom. The number of carboxylic acids is 1. The SMILES string of the molecule is CCCNC(=O)CCC(=O)Nc1ccc(CCC(=O)O)cc1. The maximum atomic E-state index is 11.7. The lowest BCUT2D eigenvalue weighted by atomic mass is 10.1. The topological polar surface area (TPSA) is 95.5 Å². The van der Waals surface area contributed by atoms with Gasteiger partial charge in [-0.1, -0.05) is 19.1 Å². The molecular weight excluding hydrogens is 284 g/mol. The molecule has 0 aliphatic heterocycles. The second-order valence-corrected chi connectivity index (χ2v) is 4.99. The first-order valence-corrected chi connectivity index (χ1v) is 7.38. The summed E-state index contributed by atoms with van der Waals surface area (Å²) >= 11 is 0. The van der Waals surface area contributed by atoms with Crippen LogP contribution in [0.25, 0.3) is 0 Å². The summed E-state index contributed by atoms with van der Waals surface area (Å²) < 4.78 is 0. The van der Waals surface area contributed by atoms with Gasteiger partial charge in [-0.05, 0) is 30.5 Å². The van der Waals surface area contributed by atoms with Crippen molar-refractivity contribution in [1.29, 1.82) is 0 Å². The summed E-state index contributed by atoms with van der Waals surface area (Å²) in [5.41, 5.74) is 1.54. The van der Waals surface area contributed by atoms with Crippen molar-refractivity contribution in [3.05, 3.63) is 29.8 Å². The summed E-state index contributed by atoms with van der Waals surface area (Å²) in [5, 5.41) is 14.0. The Balaban J connectivity index is 2.35. The summed E-state index contributed by atoms with van der Waals surface area (Å²) in [6, 6.07) is 7.03. The van der Waals surface area contributed by atoms with E-state index in [1.165, 1.54) is 0 Å². The summed E-state index contributed by atoms with van der Waals surface area (Å²) in [4.78, 5) is 33.6. The Morgan fingerprint density at radius 2 is 1.64 bits per heavy atom. The number of hydrogen-bond acceptors (Lipinski definition) is 3. The number of nitrogens with one attached hydrogen (secondary N) is 2. The third-order valence-corrected chi connectivity index (χ3v) is 3.02. The van der Waals surface area contributed by atoms with Gasteiger partial charge in [0.05, 0.1) is 0 Å². The zero-order valence-corrected chi connectivity index (χ0v) is 12.7. The van der Waals surface area contributed by atoms with E-state index in [0.29, 0.717) is 18.7 Å². The minimum Gasteiger partial charge on any atom is -0.481 e. The van der Waals surface area contributed by atoms with E-state index in [1.807, 2.05) is 6.92 Å². The van der Waals surface area contributed by atoms with Crippen molar-refractivity contribution in [2.45, 2.75) is 39.0 Å². The number of aliphatic carboxylic acids is 1. The normalized spacial score (nSPS) is 10.0. The molecule has 0 aliphatic rings. The molecule has 0 bridgehead atoms. The van der Waals surface area contributed by atoms with E-state index in [2.05, 4.69) is 10.6 Å². The van der Waals surface area contributed by atoms with Crippen LogP contribution in [0.5, 0.6) is 0 Å². The Hall–Kier alpha value is -2.37. The Morgan fingerprint density at radius 1 is 1.00 bits per heavy atom. The smallest absolute Gasteiger partial charge is 0.303 e. The molecule has 0 saturated carbocycles. The van der Waals surface area contributed by atoms with E-state index in [0.717, 1.165) is 12.0 Å². The van der Waals surface area contributed by atoms with Crippen LogP contribution in [0.2, 0.25) is 0 Å². The molecule has 0 aliphatic carbocycles. The number of rotatable bonds is 9. The number of hydrogen-bond donors (Lipinski definition) is 3. The first-order chi connectivity index (χ1) is 10.5. The van der Waals surface area contributed by atoms with E-state index in [9.17, 15) is 14.4 Å². The molecule has 0 aromatic heterocycles. The monoisotopic (exact) mass is 306 g/mol. The lowest BCUT2D eigenvalue weighted by molar-refractivity contribution is -0.137. The highest BCUT2D eigenvalue weighted by Gasteiger charge is 2.07. The van der Waals surface area contributed by atoms with Crippen LogP contribution in [0.3, 0.4) is 0 Å². The molecule has 0 radical (unpaired) electrons. The maximum absolute atomic E-state index is 11.7. The highest BCUT2D eigenvalue weighted by molar-refractivity contribution is 5.93. The predicted octanol–water partition coefficient (Wildman–Crippen LogP) is 1.95. The van der Waals surface area contributed by atoms with Gasteiger partial charge in [-0.15, -0.1) is 0 Å². The highest BCUT2D eigenvalue weighted by Crippen LogP contribution is 2.11. The van der Waals surface area contributed by atoms with Crippen LogP contribution in [-0.2, 0) is 20.8 Å². The fraction of sp³-hybridized carbons (Fsp3) is 0.438. The summed E-state index contributed by atoms with van der Waals surface area (Å²) in [5.74, 6) is -1.18. The number of carbonyl (C=O) groups excluding carboxylic acids is 2. The average Bonchev–Trinajstić information content (AvgIpc) is 2.50. The van der Waals surface area contributed by atoms with E-state index < -0.39 is 5.97 Å². The highest BCUT2D eigenvalue weighted by atomic mass is 16.4. The van der Waals surface area contributed by atoms with Crippen LogP contribution < -0.4 is 10.6 Å². The molecule has 3 N–H and O–H groups in total. The molecule has 6 heteroatoms. The fourth-order valence-electron chi connectivity index (χ4n) is 1.81. The van der Waals surface area contributed by atoms with Crippen LogP contribution in [0.4, 0.5) is 5.69 Å². The molecule has 1 rings (SSSR count). The van der Waals surface area contributed by atoms with Gasteiger partial charge in [0.15, 0.2) is 0 Å². The molecule has 6 nitrogen and oxygen atoms in total. The minimum absolute atomic E-state index is 0.0819. The van der Waals surface area contributed by atoms with Crippen molar-refractivity contribution in [3.63, 3.8) is 0 Å². The Labute approximate surface area is 129 Å². The number of anilines is 1. The van der Waals surface area contributed by atoms with Crippen LogP contribution in [0.1, 0.15) is 38.2 Å². The van der Waals surface area contributed by atoms with Gasteiger partial charge < -0.3 is 15.7 Å². The third kappa shape index (κ3) is 7.42. The van der Waals surface area contributed by atoms with Gasteiger partial charge in [0.1, 0.15) is 0 Å². The molecule has 0 saturated heterocycles. The third-order valence-electron chi connectivity index (χ3n) is 3.02. The second kappa shape index (κ2) is 9.55. The number of carboxylic acid groups (broad SMARTS) is 1. The Bertz CT molecular complexity index is 511. The van der Waals surface area contributed by atoms with Crippen molar-refractivity contribution in [2.24, 2.45) is 0 Å². The van der Waals surface area contributed by atoms with Crippen molar-refractivity contribution >= 4 is 23.5 Å². The molecule has 120 valence electrons. The quantitative estimate of drug-likeness (QED) is 0.650. The Kier molecular flexibility index (Phi) is 7.67. The molecule has 0 fully saturated rings. The molecule has 0 heterocycles. The number of aryl methyl sites for hydroxylation is 1. The van der Waals surface area contributed by atoms with Gasteiger partial charge in [-0.25, -0.2) is 0 Å². The van der Waals surface area contributed by atoms with E-state index in [-0.39, 0.29) is 31.1 Å². The van der Waals surface area contributed by atoms with Gasteiger partial charge in [-0.3, -0.25) is 14.4 Å². The molecule has 0 spiro atoms. The van der Waals surface area contributed by atoms with E-state index in [1.54, 1.807) is 24.3 Å². The number of carbonyl (C=O) groups is 3. The van der Waals surface area contributed by atoms with E-state index in [4.69, 9.17) is 5.11 Å². The van der Waals surface area contributed by atoms with Crippen LogP contribution in [0.15, 0.2) is 24.3 Å². The number of benzene rings is 1. The lowest BCUT2D eigenvalue weighted by Gasteiger charge is -2.07. The zero-order chi connectivity index (χ0) is 16.4. The standard InChI is InChI=1S/C16H22N2O4/c1-2-11-17-14(19)8-9-15(20)18-13-6-3-12(4-7-13)5-10-16(21)22/h3-4,6-7H,2,5,8-11H2,1H3,(H,17,19)(H,18,20)(H,21,22). The van der Waals surface area contributed by atoms with Crippen molar-refractivity contribution in [1.82, 2.24) is 5.32 Å². The molecule has 1 aromatic carbocycles. The number of amides is 2. The first kappa shape index (κ1) is 17.7. The minimum atomic E-state index is -0.835. The lowest BCUT2D eigenvalue weighted by Crippen LogP contribution is -2.25.